The van der Waals surface area contributed by atoms with Crippen molar-refractivity contribution in [2.24, 2.45) is 0 Å². The third kappa shape index (κ3) is 5.27. The molecule has 0 aliphatic rings. The Hall–Kier alpha value is -0.0800. The molecule has 2 N–H and O–H groups in total. The van der Waals surface area contributed by atoms with Crippen LogP contribution in [0.4, 0.5) is 0 Å². The van der Waals surface area contributed by atoms with Gasteiger partial charge in [0.1, 0.15) is 4.21 Å². The molecule has 0 atom stereocenters. The maximum absolute atomic E-state index is 11.9. The Morgan fingerprint density at radius 1 is 1.33 bits per heavy atom. The highest BCUT2D eigenvalue weighted by atomic mass is 32.2. The fourth-order valence-electron chi connectivity index (χ4n) is 1.41. The Kier molecular flexibility index (Phi) is 7.25. The highest BCUT2D eigenvalue weighted by molar-refractivity contribution is 7.98. The summed E-state index contributed by atoms with van der Waals surface area (Å²) in [7, 11) is -3.39. The van der Waals surface area contributed by atoms with Crippen LogP contribution < -0.4 is 4.72 Å². The summed E-state index contributed by atoms with van der Waals surface area (Å²) in [6, 6.07) is 3.17. The van der Waals surface area contributed by atoms with Crippen LogP contribution >= 0.6 is 23.1 Å². The molecule has 0 saturated carbocycles. The SMILES string of the molecule is CSCCCCCNS(=O)(=O)c1ccc(CO)s1. The molecular weight excluding hydrogens is 290 g/mol. The third-order valence-electron chi connectivity index (χ3n) is 2.38. The molecule has 1 heterocycles. The van der Waals surface area contributed by atoms with Gasteiger partial charge in [-0.25, -0.2) is 13.1 Å². The predicted molar refractivity (Wildman–Crippen MR) is 77.7 cm³/mol. The van der Waals surface area contributed by atoms with E-state index in [4.69, 9.17) is 5.11 Å². The average Bonchev–Trinajstić information content (AvgIpc) is 2.83. The van der Waals surface area contributed by atoms with Crippen LogP contribution in [0.1, 0.15) is 24.1 Å². The van der Waals surface area contributed by atoms with Crippen LogP contribution in [0, 0.1) is 0 Å². The van der Waals surface area contributed by atoms with E-state index in [2.05, 4.69) is 11.0 Å². The number of nitrogens with one attached hydrogen (secondary N) is 1. The van der Waals surface area contributed by atoms with Gasteiger partial charge in [-0.1, -0.05) is 6.42 Å². The zero-order chi connectivity index (χ0) is 13.4. The predicted octanol–water partition coefficient (Wildman–Crippen LogP) is 2.05. The maximum atomic E-state index is 11.9. The van der Waals surface area contributed by atoms with Crippen molar-refractivity contribution in [2.75, 3.05) is 18.6 Å². The lowest BCUT2D eigenvalue weighted by Gasteiger charge is -2.04. The van der Waals surface area contributed by atoms with Crippen molar-refractivity contribution in [2.45, 2.75) is 30.1 Å². The van der Waals surface area contributed by atoms with Gasteiger partial charge >= 0.3 is 0 Å². The first-order valence-electron chi connectivity index (χ1n) is 5.78. The van der Waals surface area contributed by atoms with Gasteiger partial charge in [-0.05, 0) is 37.0 Å². The van der Waals surface area contributed by atoms with Crippen molar-refractivity contribution in [1.82, 2.24) is 4.72 Å². The van der Waals surface area contributed by atoms with Crippen molar-refractivity contribution in [3.05, 3.63) is 17.0 Å². The molecule has 1 aromatic rings. The van der Waals surface area contributed by atoms with E-state index < -0.39 is 10.0 Å². The summed E-state index contributed by atoms with van der Waals surface area (Å²) < 4.78 is 26.6. The first kappa shape index (κ1) is 16.0. The molecule has 0 aliphatic carbocycles. The highest BCUT2D eigenvalue weighted by Crippen LogP contribution is 2.21. The lowest BCUT2D eigenvalue weighted by Crippen LogP contribution is -2.23. The Balaban J connectivity index is 2.36. The first-order valence-corrected chi connectivity index (χ1v) is 9.47. The molecular formula is C11H19NO3S3. The summed E-state index contributed by atoms with van der Waals surface area (Å²) in [6.45, 7) is 0.359. The molecule has 18 heavy (non-hydrogen) atoms. The number of unbranched alkanes of at least 4 members (excludes halogenated alkanes) is 2. The van der Waals surface area contributed by atoms with Crippen molar-refractivity contribution >= 4 is 33.1 Å². The summed E-state index contributed by atoms with van der Waals surface area (Å²) in [4.78, 5) is 0.662. The van der Waals surface area contributed by atoms with Gasteiger partial charge in [-0.2, -0.15) is 11.8 Å². The number of thioether (sulfide) groups is 1. The van der Waals surface area contributed by atoms with Crippen LogP contribution in [0.2, 0.25) is 0 Å². The lowest BCUT2D eigenvalue weighted by atomic mass is 10.2. The Bertz CT molecular complexity index is 442. The normalized spacial score (nSPS) is 11.9. The molecule has 0 spiro atoms. The largest absolute Gasteiger partial charge is 0.391 e. The van der Waals surface area contributed by atoms with Crippen LogP contribution in [-0.4, -0.2) is 32.1 Å². The number of rotatable bonds is 9. The molecule has 7 heteroatoms. The van der Waals surface area contributed by atoms with Gasteiger partial charge in [-0.15, -0.1) is 11.3 Å². The van der Waals surface area contributed by atoms with Gasteiger partial charge < -0.3 is 5.11 Å². The molecule has 0 fully saturated rings. The number of aliphatic hydroxyl groups is 1. The number of aliphatic hydroxyl groups excluding tert-OH is 1. The summed E-state index contributed by atoms with van der Waals surface area (Å²) in [6.07, 6.45) is 5.09. The zero-order valence-electron chi connectivity index (χ0n) is 10.4. The van der Waals surface area contributed by atoms with E-state index in [1.54, 1.807) is 17.8 Å². The minimum atomic E-state index is -3.39. The van der Waals surface area contributed by atoms with E-state index in [1.807, 2.05) is 0 Å². The zero-order valence-corrected chi connectivity index (χ0v) is 12.8. The van der Waals surface area contributed by atoms with Gasteiger partial charge in [0, 0.05) is 11.4 Å². The Morgan fingerprint density at radius 2 is 2.11 bits per heavy atom. The minimum absolute atomic E-state index is 0.116. The van der Waals surface area contributed by atoms with E-state index >= 15 is 0 Å². The Labute approximate surface area is 117 Å². The van der Waals surface area contributed by atoms with Crippen molar-refractivity contribution in [3.8, 4) is 0 Å². The van der Waals surface area contributed by atoms with E-state index in [1.165, 1.54) is 6.07 Å². The number of hydrogen-bond acceptors (Lipinski definition) is 5. The quantitative estimate of drug-likeness (QED) is 0.685. The van der Waals surface area contributed by atoms with E-state index in [0.29, 0.717) is 11.4 Å². The summed E-state index contributed by atoms with van der Waals surface area (Å²) in [5.41, 5.74) is 0. The van der Waals surface area contributed by atoms with Crippen LogP contribution in [-0.2, 0) is 16.6 Å². The van der Waals surface area contributed by atoms with Crippen LogP contribution in [0.25, 0.3) is 0 Å². The maximum Gasteiger partial charge on any atom is 0.250 e. The van der Waals surface area contributed by atoms with Gasteiger partial charge in [-0.3, -0.25) is 0 Å². The fourth-order valence-corrected chi connectivity index (χ4v) is 4.24. The van der Waals surface area contributed by atoms with Crippen LogP contribution in [0.5, 0.6) is 0 Å². The average molecular weight is 309 g/mol. The monoisotopic (exact) mass is 309 g/mol. The molecule has 104 valence electrons. The van der Waals surface area contributed by atoms with Crippen LogP contribution in [0.3, 0.4) is 0 Å². The number of sulfonamides is 1. The lowest BCUT2D eigenvalue weighted by molar-refractivity contribution is 0.285. The Morgan fingerprint density at radius 3 is 2.72 bits per heavy atom. The van der Waals surface area contributed by atoms with Gasteiger partial charge in [0.25, 0.3) is 0 Å². The standard InChI is InChI=1S/C11H19NO3S3/c1-16-8-4-2-3-7-12-18(14,15)11-6-5-10(9-13)17-11/h5-6,12-13H,2-4,7-9H2,1H3. The molecule has 4 nitrogen and oxygen atoms in total. The second-order valence-electron chi connectivity index (χ2n) is 3.83. The second kappa shape index (κ2) is 8.16. The summed E-state index contributed by atoms with van der Waals surface area (Å²) >= 11 is 2.91. The smallest absolute Gasteiger partial charge is 0.250 e. The topological polar surface area (TPSA) is 66.4 Å². The molecule has 0 amide bonds. The molecule has 1 aromatic heterocycles. The summed E-state index contributed by atoms with van der Waals surface area (Å²) in [5.74, 6) is 1.12. The van der Waals surface area contributed by atoms with E-state index in [-0.39, 0.29) is 10.8 Å². The van der Waals surface area contributed by atoms with E-state index in [0.717, 1.165) is 36.4 Å². The third-order valence-corrected chi connectivity index (χ3v) is 6.09. The first-order chi connectivity index (χ1) is 8.60. The minimum Gasteiger partial charge on any atom is -0.391 e. The molecule has 0 radical (unpaired) electrons. The van der Waals surface area contributed by atoms with Gasteiger partial charge in [0.2, 0.25) is 10.0 Å². The van der Waals surface area contributed by atoms with Crippen molar-refractivity contribution in [3.63, 3.8) is 0 Å². The molecule has 0 bridgehead atoms. The van der Waals surface area contributed by atoms with E-state index in [9.17, 15) is 8.42 Å². The molecule has 0 saturated heterocycles. The molecule has 0 unspecified atom stereocenters. The molecule has 0 aliphatic heterocycles. The molecule has 1 rings (SSSR count). The van der Waals surface area contributed by atoms with Crippen molar-refractivity contribution in [1.29, 1.82) is 0 Å². The van der Waals surface area contributed by atoms with Crippen molar-refractivity contribution < 1.29 is 13.5 Å². The number of thiophene rings is 1. The van der Waals surface area contributed by atoms with Gasteiger partial charge in [0.15, 0.2) is 0 Å². The number of hydrogen-bond donors (Lipinski definition) is 2. The van der Waals surface area contributed by atoms with Gasteiger partial charge in [0.05, 0.1) is 6.61 Å². The second-order valence-corrected chi connectivity index (χ2v) is 7.98. The highest BCUT2D eigenvalue weighted by Gasteiger charge is 2.15. The fraction of sp³-hybridized carbons (Fsp3) is 0.636. The molecule has 0 aromatic carbocycles. The van der Waals surface area contributed by atoms with Crippen LogP contribution in [0.15, 0.2) is 16.3 Å². The summed E-state index contributed by atoms with van der Waals surface area (Å²) in [5, 5.41) is 8.91.